The molecule has 1 rings (SSSR count). The van der Waals surface area contributed by atoms with Crippen molar-refractivity contribution in [1.82, 2.24) is 0 Å². The highest BCUT2D eigenvalue weighted by molar-refractivity contribution is 7.20. The molecule has 0 saturated carbocycles. The van der Waals surface area contributed by atoms with Crippen molar-refractivity contribution in [2.75, 3.05) is 6.61 Å². The summed E-state index contributed by atoms with van der Waals surface area (Å²) in [5.41, 5.74) is -0.127. The standard InChI is InChI=1S/C9H15O3P/c1-9(2)11-6-7(12-9)4-3-5-8(10)13/h3,5,7,10,13H,4,6H2,1-2H3/p-1/b5-3+. The van der Waals surface area contributed by atoms with Crippen molar-refractivity contribution in [3.05, 3.63) is 12.2 Å². The van der Waals surface area contributed by atoms with Gasteiger partial charge in [0.05, 0.1) is 12.7 Å². The molecule has 0 N–H and O–H groups in total. The molecule has 0 aromatic rings. The first-order valence-corrected chi connectivity index (χ1v) is 4.73. The molecule has 0 aromatic heterocycles. The number of hydrogen-bond acceptors (Lipinski definition) is 3. The van der Waals surface area contributed by atoms with Crippen LogP contribution >= 0.6 is 8.86 Å². The fraction of sp³-hybridized carbons (Fsp3) is 0.667. The van der Waals surface area contributed by atoms with E-state index in [1.54, 1.807) is 6.08 Å². The van der Waals surface area contributed by atoms with Crippen LogP contribution in [0.4, 0.5) is 0 Å². The molecule has 1 unspecified atom stereocenters. The Kier molecular flexibility index (Phi) is 3.63. The van der Waals surface area contributed by atoms with E-state index in [0.29, 0.717) is 13.0 Å². The molecular formula is C9H14O3P-. The molecule has 0 aliphatic carbocycles. The van der Waals surface area contributed by atoms with Crippen LogP contribution < -0.4 is 5.11 Å². The summed E-state index contributed by atoms with van der Waals surface area (Å²) in [5.74, 6) is -0.476. The topological polar surface area (TPSA) is 41.5 Å². The first-order chi connectivity index (χ1) is 5.99. The maximum absolute atomic E-state index is 10.5. The molecule has 0 bridgehead atoms. The van der Waals surface area contributed by atoms with Gasteiger partial charge in [-0.25, -0.2) is 0 Å². The van der Waals surface area contributed by atoms with Crippen molar-refractivity contribution in [2.24, 2.45) is 0 Å². The van der Waals surface area contributed by atoms with Crippen LogP contribution in [0.15, 0.2) is 12.2 Å². The Bertz CT molecular complexity index is 223. The van der Waals surface area contributed by atoms with Crippen LogP contribution in [0.3, 0.4) is 0 Å². The van der Waals surface area contributed by atoms with Crippen molar-refractivity contribution >= 4 is 14.3 Å². The van der Waals surface area contributed by atoms with E-state index in [1.165, 1.54) is 6.08 Å². The Labute approximate surface area is 80.6 Å². The van der Waals surface area contributed by atoms with Crippen LogP contribution in [0.2, 0.25) is 0 Å². The highest BCUT2D eigenvalue weighted by atomic mass is 31.0. The zero-order chi connectivity index (χ0) is 9.90. The molecule has 74 valence electrons. The van der Waals surface area contributed by atoms with Gasteiger partial charge in [-0.05, 0) is 20.3 Å². The van der Waals surface area contributed by atoms with Crippen LogP contribution in [0.1, 0.15) is 20.3 Å². The van der Waals surface area contributed by atoms with Crippen molar-refractivity contribution < 1.29 is 14.6 Å². The molecule has 3 nitrogen and oxygen atoms in total. The van der Waals surface area contributed by atoms with Crippen molar-refractivity contribution in [2.45, 2.75) is 32.2 Å². The highest BCUT2D eigenvalue weighted by Crippen LogP contribution is 2.23. The largest absolute Gasteiger partial charge is 0.824 e. The van der Waals surface area contributed by atoms with E-state index in [0.717, 1.165) is 0 Å². The molecule has 1 saturated heterocycles. The minimum atomic E-state index is -0.476. The maximum Gasteiger partial charge on any atom is 0.163 e. The third-order valence-corrected chi connectivity index (χ3v) is 1.90. The van der Waals surface area contributed by atoms with Gasteiger partial charge in [0, 0.05) is 0 Å². The van der Waals surface area contributed by atoms with Crippen LogP contribution in [0.5, 0.6) is 0 Å². The molecule has 0 radical (unpaired) electrons. The van der Waals surface area contributed by atoms with Gasteiger partial charge in [-0.15, -0.1) is 14.3 Å². The molecule has 1 fully saturated rings. The summed E-state index contributed by atoms with van der Waals surface area (Å²) < 4.78 is 10.9. The second kappa shape index (κ2) is 4.34. The van der Waals surface area contributed by atoms with E-state index in [4.69, 9.17) is 9.47 Å². The fourth-order valence-electron chi connectivity index (χ4n) is 1.21. The summed E-state index contributed by atoms with van der Waals surface area (Å²) >= 11 is 0. The fourth-order valence-corrected chi connectivity index (χ4v) is 1.32. The number of ether oxygens (including phenoxy) is 2. The molecule has 1 aliphatic heterocycles. The van der Waals surface area contributed by atoms with E-state index in [1.807, 2.05) is 13.8 Å². The lowest BCUT2D eigenvalue weighted by Gasteiger charge is -2.16. The zero-order valence-corrected chi connectivity index (χ0v) is 8.87. The van der Waals surface area contributed by atoms with Gasteiger partial charge < -0.3 is 14.6 Å². The Morgan fingerprint density at radius 1 is 1.69 bits per heavy atom. The van der Waals surface area contributed by atoms with Crippen molar-refractivity contribution in [3.63, 3.8) is 0 Å². The number of rotatable bonds is 3. The Balaban J connectivity index is 2.29. The average Bonchev–Trinajstić information content (AvgIpc) is 2.29. The molecule has 0 spiro atoms. The summed E-state index contributed by atoms with van der Waals surface area (Å²) in [4.78, 5) is 0. The molecule has 1 aliphatic rings. The smallest absolute Gasteiger partial charge is 0.163 e. The summed E-state index contributed by atoms with van der Waals surface area (Å²) in [6, 6.07) is 0. The van der Waals surface area contributed by atoms with Gasteiger partial charge >= 0.3 is 0 Å². The van der Waals surface area contributed by atoms with Gasteiger partial charge in [-0.3, -0.25) is 0 Å². The first-order valence-electron chi connectivity index (χ1n) is 4.23. The second-order valence-corrected chi connectivity index (χ2v) is 3.95. The van der Waals surface area contributed by atoms with E-state index in [2.05, 4.69) is 8.86 Å². The number of hydrogen-bond donors (Lipinski definition) is 0. The van der Waals surface area contributed by atoms with Gasteiger partial charge in [0.1, 0.15) is 0 Å². The SMILES string of the molecule is CC1(C)OCC(C/C=C/C([O-])=P)O1. The third-order valence-electron chi connectivity index (χ3n) is 1.74. The molecular weight excluding hydrogens is 187 g/mol. The van der Waals surface area contributed by atoms with Crippen LogP contribution in [-0.2, 0) is 9.47 Å². The lowest BCUT2D eigenvalue weighted by Crippen LogP contribution is -2.21. The van der Waals surface area contributed by atoms with Crippen LogP contribution in [0, 0.1) is 0 Å². The monoisotopic (exact) mass is 201 g/mol. The Morgan fingerprint density at radius 2 is 2.38 bits per heavy atom. The van der Waals surface area contributed by atoms with Gasteiger partial charge in [-0.2, -0.15) is 0 Å². The zero-order valence-electron chi connectivity index (χ0n) is 7.87. The highest BCUT2D eigenvalue weighted by Gasteiger charge is 2.31. The van der Waals surface area contributed by atoms with Crippen LogP contribution in [0.25, 0.3) is 0 Å². The molecule has 0 amide bonds. The first kappa shape index (κ1) is 10.9. The lowest BCUT2D eigenvalue weighted by atomic mass is 10.2. The summed E-state index contributed by atoms with van der Waals surface area (Å²) in [6.45, 7) is 4.35. The third kappa shape index (κ3) is 4.01. The van der Waals surface area contributed by atoms with Gasteiger partial charge in [0.25, 0.3) is 0 Å². The van der Waals surface area contributed by atoms with E-state index in [9.17, 15) is 5.11 Å². The van der Waals surface area contributed by atoms with Gasteiger partial charge in [-0.1, -0.05) is 12.2 Å². The van der Waals surface area contributed by atoms with E-state index in [-0.39, 0.29) is 11.6 Å². The Hall–Kier alpha value is -0.210. The summed E-state index contributed by atoms with van der Waals surface area (Å²) in [6.07, 6.45) is 4.04. The predicted octanol–water partition coefficient (Wildman–Crippen LogP) is 0.717. The molecule has 1 atom stereocenters. The summed E-state index contributed by atoms with van der Waals surface area (Å²) in [5, 5.41) is 10.5. The lowest BCUT2D eigenvalue weighted by molar-refractivity contribution is -0.206. The van der Waals surface area contributed by atoms with Crippen LogP contribution in [-0.4, -0.2) is 24.0 Å². The average molecular weight is 201 g/mol. The van der Waals surface area contributed by atoms with Gasteiger partial charge in [0.15, 0.2) is 5.79 Å². The summed E-state index contributed by atoms with van der Waals surface area (Å²) in [7, 11) is 2.86. The molecule has 1 heterocycles. The molecule has 13 heavy (non-hydrogen) atoms. The minimum Gasteiger partial charge on any atom is -0.824 e. The Morgan fingerprint density at radius 3 is 2.85 bits per heavy atom. The normalized spacial score (nSPS) is 26.8. The van der Waals surface area contributed by atoms with Crippen molar-refractivity contribution in [3.8, 4) is 0 Å². The van der Waals surface area contributed by atoms with E-state index < -0.39 is 5.79 Å². The van der Waals surface area contributed by atoms with E-state index >= 15 is 0 Å². The molecule has 4 heteroatoms. The quantitative estimate of drug-likeness (QED) is 0.632. The maximum atomic E-state index is 10.5. The van der Waals surface area contributed by atoms with Crippen molar-refractivity contribution in [1.29, 1.82) is 0 Å². The molecule has 0 aromatic carbocycles. The minimum absolute atomic E-state index is 0.0669. The second-order valence-electron chi connectivity index (χ2n) is 3.45. The predicted molar refractivity (Wildman–Crippen MR) is 52.0 cm³/mol. The van der Waals surface area contributed by atoms with Gasteiger partial charge in [0.2, 0.25) is 0 Å².